The molecule has 0 rings (SSSR count). The lowest BCUT2D eigenvalue weighted by Gasteiger charge is -2.01. The van der Waals surface area contributed by atoms with Gasteiger partial charge in [-0.05, 0) is 25.2 Å². The van der Waals surface area contributed by atoms with Crippen molar-refractivity contribution < 1.29 is 9.59 Å². The molecule has 0 aliphatic rings. The van der Waals surface area contributed by atoms with Crippen LogP contribution < -0.4 is 21.3 Å². The average molecular weight is 264 g/mol. The van der Waals surface area contributed by atoms with Crippen molar-refractivity contribution in [3.8, 4) is 23.7 Å². The van der Waals surface area contributed by atoms with E-state index in [1.165, 1.54) is 0 Å². The van der Waals surface area contributed by atoms with Crippen molar-refractivity contribution in [2.45, 2.75) is 20.3 Å². The monoisotopic (exact) mass is 264 g/mol. The molecule has 4 N–H and O–H groups in total. The fourth-order valence-corrected chi connectivity index (χ4v) is 0.950. The molecule has 0 bridgehead atoms. The summed E-state index contributed by atoms with van der Waals surface area (Å²) in [4.78, 5) is 22.1. The van der Waals surface area contributed by atoms with Gasteiger partial charge in [0.05, 0.1) is 13.1 Å². The highest BCUT2D eigenvalue weighted by atomic mass is 16.2. The van der Waals surface area contributed by atoms with Crippen LogP contribution in [-0.4, -0.2) is 38.2 Å². The third-order valence-corrected chi connectivity index (χ3v) is 1.79. The van der Waals surface area contributed by atoms with E-state index in [0.717, 1.165) is 6.42 Å². The smallest absolute Gasteiger partial charge is 0.315 e. The van der Waals surface area contributed by atoms with E-state index in [1.807, 2.05) is 13.8 Å². The number of urea groups is 2. The predicted molar refractivity (Wildman–Crippen MR) is 74.3 cm³/mol. The van der Waals surface area contributed by atoms with Gasteiger partial charge in [-0.25, -0.2) is 9.59 Å². The van der Waals surface area contributed by atoms with Crippen LogP contribution >= 0.6 is 0 Å². The zero-order chi connectivity index (χ0) is 14.3. The number of rotatable bonds is 5. The van der Waals surface area contributed by atoms with Crippen molar-refractivity contribution in [2.75, 3.05) is 26.2 Å². The maximum Gasteiger partial charge on any atom is 0.315 e. The van der Waals surface area contributed by atoms with E-state index in [9.17, 15) is 9.59 Å². The van der Waals surface area contributed by atoms with Gasteiger partial charge in [0.1, 0.15) is 0 Å². The van der Waals surface area contributed by atoms with E-state index in [1.54, 1.807) is 0 Å². The molecule has 19 heavy (non-hydrogen) atoms. The average Bonchev–Trinajstić information content (AvgIpc) is 2.39. The number of carbonyl (C=O) groups is 2. The molecule has 0 aromatic heterocycles. The predicted octanol–water partition coefficient (Wildman–Crippen LogP) is 0.0215. The molecule has 0 heterocycles. The van der Waals surface area contributed by atoms with Crippen LogP contribution in [0.15, 0.2) is 0 Å². The van der Waals surface area contributed by atoms with Crippen molar-refractivity contribution in [2.24, 2.45) is 0 Å². The topological polar surface area (TPSA) is 82.3 Å². The maximum absolute atomic E-state index is 11.1. The van der Waals surface area contributed by atoms with E-state index in [2.05, 4.69) is 44.9 Å². The Morgan fingerprint density at radius 2 is 1.37 bits per heavy atom. The fraction of sp³-hybridized carbons (Fsp3) is 0.538. The van der Waals surface area contributed by atoms with E-state index in [4.69, 9.17) is 0 Å². The molecule has 0 aliphatic carbocycles. The van der Waals surface area contributed by atoms with Gasteiger partial charge >= 0.3 is 12.1 Å². The van der Waals surface area contributed by atoms with E-state index >= 15 is 0 Å². The maximum atomic E-state index is 11.1. The van der Waals surface area contributed by atoms with Crippen LogP contribution in [0.25, 0.3) is 0 Å². The molecule has 0 aromatic rings. The molecular formula is C13H20N4O2. The van der Waals surface area contributed by atoms with Crippen LogP contribution in [0, 0.1) is 23.7 Å². The second kappa shape index (κ2) is 12.1. The highest BCUT2D eigenvalue weighted by Crippen LogP contribution is 1.70. The molecule has 0 radical (unpaired) electrons. The Hall–Kier alpha value is -2.34. The first-order valence-electron chi connectivity index (χ1n) is 6.19. The summed E-state index contributed by atoms with van der Waals surface area (Å²) in [5.41, 5.74) is 0. The minimum atomic E-state index is -0.251. The van der Waals surface area contributed by atoms with Gasteiger partial charge in [0, 0.05) is 13.1 Å². The Labute approximate surface area is 114 Å². The summed E-state index contributed by atoms with van der Waals surface area (Å²) in [5.74, 6) is 10.5. The summed E-state index contributed by atoms with van der Waals surface area (Å²) in [7, 11) is 0. The molecule has 6 heteroatoms. The Kier molecular flexibility index (Phi) is 10.6. The first-order chi connectivity index (χ1) is 9.20. The Morgan fingerprint density at radius 3 is 1.84 bits per heavy atom. The molecule has 0 saturated heterocycles. The Balaban J connectivity index is 3.64. The third-order valence-electron chi connectivity index (χ3n) is 1.79. The number of carbonyl (C=O) groups excluding carboxylic acids is 2. The molecule has 104 valence electrons. The van der Waals surface area contributed by atoms with Gasteiger partial charge in [0.2, 0.25) is 0 Å². The van der Waals surface area contributed by atoms with Gasteiger partial charge in [-0.3, -0.25) is 0 Å². The standard InChI is InChI=1S/C13H20N4O2/c1-3-9-15-13(19)17-11-8-6-5-7-10-16-12(18)14-4-2/h3-4,9-11H2,1-2H3,(H2,14,16,18)(H2,15,17,19). The SMILES string of the molecule is CCCNC(=O)NCC#CC#CCNC(=O)NCC. The minimum absolute atomic E-state index is 0.234. The van der Waals surface area contributed by atoms with E-state index < -0.39 is 0 Å². The summed E-state index contributed by atoms with van der Waals surface area (Å²) in [5, 5.41) is 10.4. The third kappa shape index (κ3) is 11.9. The van der Waals surface area contributed by atoms with E-state index in [0.29, 0.717) is 13.1 Å². The second-order valence-corrected chi connectivity index (χ2v) is 3.43. The summed E-state index contributed by atoms with van der Waals surface area (Å²) < 4.78 is 0. The largest absolute Gasteiger partial charge is 0.338 e. The van der Waals surface area contributed by atoms with Gasteiger partial charge in [-0.1, -0.05) is 18.8 Å². The van der Waals surface area contributed by atoms with Gasteiger partial charge in [0.15, 0.2) is 0 Å². The molecule has 0 aliphatic heterocycles. The van der Waals surface area contributed by atoms with Crippen LogP contribution in [-0.2, 0) is 0 Å². The molecule has 0 spiro atoms. The molecule has 6 nitrogen and oxygen atoms in total. The summed E-state index contributed by atoms with van der Waals surface area (Å²) in [6.07, 6.45) is 0.892. The Morgan fingerprint density at radius 1 is 0.842 bits per heavy atom. The lowest BCUT2D eigenvalue weighted by Crippen LogP contribution is -2.35. The lowest BCUT2D eigenvalue weighted by atomic mass is 10.5. The quantitative estimate of drug-likeness (QED) is 0.528. The highest BCUT2D eigenvalue weighted by molar-refractivity contribution is 5.74. The van der Waals surface area contributed by atoms with Gasteiger partial charge in [-0.15, -0.1) is 0 Å². The summed E-state index contributed by atoms with van der Waals surface area (Å²) in [6.45, 7) is 5.51. The molecule has 0 unspecified atom stereocenters. The zero-order valence-corrected chi connectivity index (χ0v) is 11.4. The first-order valence-corrected chi connectivity index (χ1v) is 6.19. The minimum Gasteiger partial charge on any atom is -0.338 e. The van der Waals surface area contributed by atoms with E-state index in [-0.39, 0.29) is 25.2 Å². The molecule has 0 fully saturated rings. The lowest BCUT2D eigenvalue weighted by molar-refractivity contribution is 0.241. The molecule has 0 saturated carbocycles. The van der Waals surface area contributed by atoms with Crippen molar-refractivity contribution in [1.82, 2.24) is 21.3 Å². The summed E-state index contributed by atoms with van der Waals surface area (Å²) in [6, 6.07) is -0.485. The van der Waals surface area contributed by atoms with Crippen molar-refractivity contribution in [3.63, 3.8) is 0 Å². The van der Waals surface area contributed by atoms with Crippen molar-refractivity contribution >= 4 is 12.1 Å². The molecular weight excluding hydrogens is 244 g/mol. The normalized spacial score (nSPS) is 8.11. The molecule has 0 aromatic carbocycles. The zero-order valence-electron chi connectivity index (χ0n) is 11.4. The number of nitrogens with one attached hydrogen (secondary N) is 4. The van der Waals surface area contributed by atoms with Crippen LogP contribution in [0.1, 0.15) is 20.3 Å². The number of hydrogen-bond acceptors (Lipinski definition) is 2. The highest BCUT2D eigenvalue weighted by Gasteiger charge is 1.93. The van der Waals surface area contributed by atoms with Crippen molar-refractivity contribution in [1.29, 1.82) is 0 Å². The van der Waals surface area contributed by atoms with Crippen LogP contribution in [0.5, 0.6) is 0 Å². The van der Waals surface area contributed by atoms with Crippen LogP contribution in [0.3, 0.4) is 0 Å². The van der Waals surface area contributed by atoms with Crippen LogP contribution in [0.4, 0.5) is 9.59 Å². The number of amides is 4. The van der Waals surface area contributed by atoms with Crippen molar-refractivity contribution in [3.05, 3.63) is 0 Å². The number of hydrogen-bond donors (Lipinski definition) is 4. The Bertz CT molecular complexity index is 398. The van der Waals surface area contributed by atoms with Gasteiger partial charge in [0.25, 0.3) is 0 Å². The summed E-state index contributed by atoms with van der Waals surface area (Å²) >= 11 is 0. The van der Waals surface area contributed by atoms with Crippen LogP contribution in [0.2, 0.25) is 0 Å². The molecule has 0 atom stereocenters. The first kappa shape index (κ1) is 16.7. The molecule has 4 amide bonds. The second-order valence-electron chi connectivity index (χ2n) is 3.43. The van der Waals surface area contributed by atoms with Gasteiger partial charge < -0.3 is 21.3 Å². The van der Waals surface area contributed by atoms with Gasteiger partial charge in [-0.2, -0.15) is 0 Å². The fourth-order valence-electron chi connectivity index (χ4n) is 0.950.